The SMILES string of the molecule is C=C(Nc1ccccc1OCC)C(=O)Nc1ccccc1CC. The average molecular weight is 310 g/mol. The van der Waals surface area contributed by atoms with Crippen LogP contribution in [0.15, 0.2) is 60.8 Å². The van der Waals surface area contributed by atoms with Crippen molar-refractivity contribution in [2.75, 3.05) is 17.2 Å². The van der Waals surface area contributed by atoms with Crippen molar-refractivity contribution in [1.82, 2.24) is 0 Å². The predicted molar refractivity (Wildman–Crippen MR) is 94.8 cm³/mol. The molecule has 0 aliphatic rings. The van der Waals surface area contributed by atoms with E-state index in [1.54, 1.807) is 0 Å². The van der Waals surface area contributed by atoms with E-state index in [9.17, 15) is 4.79 Å². The molecule has 0 unspecified atom stereocenters. The van der Waals surface area contributed by atoms with Crippen LogP contribution < -0.4 is 15.4 Å². The van der Waals surface area contributed by atoms with E-state index in [2.05, 4.69) is 24.1 Å². The first-order chi connectivity index (χ1) is 11.2. The number of hydrogen-bond donors (Lipinski definition) is 2. The Morgan fingerprint density at radius 1 is 1.00 bits per heavy atom. The van der Waals surface area contributed by atoms with Gasteiger partial charge in [-0.3, -0.25) is 4.79 Å². The van der Waals surface area contributed by atoms with Gasteiger partial charge in [-0.05, 0) is 37.1 Å². The lowest BCUT2D eigenvalue weighted by Gasteiger charge is -2.15. The average Bonchev–Trinajstić information content (AvgIpc) is 2.57. The lowest BCUT2D eigenvalue weighted by atomic mass is 10.1. The lowest BCUT2D eigenvalue weighted by molar-refractivity contribution is -0.112. The predicted octanol–water partition coefficient (Wildman–Crippen LogP) is 4.21. The largest absolute Gasteiger partial charge is 0.492 e. The number of para-hydroxylation sites is 3. The zero-order valence-corrected chi connectivity index (χ0v) is 13.6. The lowest BCUT2D eigenvalue weighted by Crippen LogP contribution is -2.19. The van der Waals surface area contributed by atoms with E-state index in [-0.39, 0.29) is 11.6 Å². The van der Waals surface area contributed by atoms with Crippen molar-refractivity contribution >= 4 is 17.3 Å². The molecule has 0 aliphatic carbocycles. The Hall–Kier alpha value is -2.75. The van der Waals surface area contributed by atoms with Gasteiger partial charge in [-0.15, -0.1) is 0 Å². The number of anilines is 2. The molecule has 120 valence electrons. The number of aryl methyl sites for hydroxylation is 1. The summed E-state index contributed by atoms with van der Waals surface area (Å²) in [5.74, 6) is 0.426. The summed E-state index contributed by atoms with van der Waals surface area (Å²) in [6.45, 7) is 8.35. The zero-order valence-electron chi connectivity index (χ0n) is 13.6. The van der Waals surface area contributed by atoms with Crippen LogP contribution in [0.5, 0.6) is 5.75 Å². The maximum absolute atomic E-state index is 12.3. The number of rotatable bonds is 7. The van der Waals surface area contributed by atoms with Crippen molar-refractivity contribution < 1.29 is 9.53 Å². The molecule has 0 aliphatic heterocycles. The summed E-state index contributed by atoms with van der Waals surface area (Å²) in [6, 6.07) is 15.2. The molecule has 1 amide bonds. The molecule has 0 aromatic heterocycles. The third-order valence-corrected chi connectivity index (χ3v) is 3.39. The molecule has 0 saturated carbocycles. The number of ether oxygens (including phenoxy) is 1. The van der Waals surface area contributed by atoms with Crippen LogP contribution in [0.4, 0.5) is 11.4 Å². The molecule has 2 rings (SSSR count). The normalized spacial score (nSPS) is 10.0. The van der Waals surface area contributed by atoms with E-state index in [0.717, 1.165) is 23.4 Å². The van der Waals surface area contributed by atoms with Crippen LogP contribution in [-0.4, -0.2) is 12.5 Å². The first-order valence-corrected chi connectivity index (χ1v) is 7.72. The second-order valence-corrected chi connectivity index (χ2v) is 5.00. The van der Waals surface area contributed by atoms with Gasteiger partial charge in [-0.25, -0.2) is 0 Å². The van der Waals surface area contributed by atoms with Crippen molar-refractivity contribution in [3.8, 4) is 5.75 Å². The molecule has 0 saturated heterocycles. The molecule has 2 aromatic rings. The summed E-state index contributed by atoms with van der Waals surface area (Å²) < 4.78 is 5.54. The van der Waals surface area contributed by atoms with Crippen molar-refractivity contribution in [2.45, 2.75) is 20.3 Å². The Labute approximate surface area is 137 Å². The van der Waals surface area contributed by atoms with Crippen molar-refractivity contribution in [1.29, 1.82) is 0 Å². The van der Waals surface area contributed by atoms with E-state index in [1.165, 1.54) is 0 Å². The molecule has 0 heterocycles. The standard InChI is InChI=1S/C19H22N2O2/c1-4-15-10-6-7-11-16(15)21-19(22)14(3)20-17-12-8-9-13-18(17)23-5-2/h6-13,20H,3-5H2,1-2H3,(H,21,22). The van der Waals surface area contributed by atoms with Crippen molar-refractivity contribution in [3.63, 3.8) is 0 Å². The van der Waals surface area contributed by atoms with E-state index in [0.29, 0.717) is 12.4 Å². The minimum Gasteiger partial charge on any atom is -0.492 e. The quantitative estimate of drug-likeness (QED) is 0.753. The summed E-state index contributed by atoms with van der Waals surface area (Å²) in [4.78, 5) is 12.3. The molecular weight excluding hydrogens is 288 g/mol. The minimum atomic E-state index is -0.266. The molecule has 4 nitrogen and oxygen atoms in total. The van der Waals surface area contributed by atoms with Gasteiger partial charge in [-0.1, -0.05) is 43.8 Å². The number of nitrogens with one attached hydrogen (secondary N) is 2. The summed E-state index contributed by atoms with van der Waals surface area (Å²) >= 11 is 0. The monoisotopic (exact) mass is 310 g/mol. The highest BCUT2D eigenvalue weighted by Gasteiger charge is 2.11. The van der Waals surface area contributed by atoms with E-state index >= 15 is 0 Å². The summed E-state index contributed by atoms with van der Waals surface area (Å²) in [6.07, 6.45) is 0.851. The molecule has 0 fully saturated rings. The van der Waals surface area contributed by atoms with Crippen LogP contribution in [-0.2, 0) is 11.2 Å². The number of benzene rings is 2. The highest BCUT2D eigenvalue weighted by atomic mass is 16.5. The van der Waals surface area contributed by atoms with Crippen LogP contribution in [0.3, 0.4) is 0 Å². The fourth-order valence-corrected chi connectivity index (χ4v) is 2.22. The van der Waals surface area contributed by atoms with Crippen LogP contribution in [0.2, 0.25) is 0 Å². The molecule has 4 heteroatoms. The van der Waals surface area contributed by atoms with Gasteiger partial charge in [-0.2, -0.15) is 0 Å². The Balaban J connectivity index is 2.07. The van der Waals surface area contributed by atoms with Gasteiger partial charge < -0.3 is 15.4 Å². The second kappa shape index (κ2) is 8.03. The van der Waals surface area contributed by atoms with Gasteiger partial charge in [0, 0.05) is 5.69 Å². The summed E-state index contributed by atoms with van der Waals surface area (Å²) in [7, 11) is 0. The Bertz CT molecular complexity index is 695. The fourth-order valence-electron chi connectivity index (χ4n) is 2.22. The highest BCUT2D eigenvalue weighted by Crippen LogP contribution is 2.25. The third-order valence-electron chi connectivity index (χ3n) is 3.39. The number of carbonyl (C=O) groups excluding carboxylic acids is 1. The molecule has 2 aromatic carbocycles. The maximum Gasteiger partial charge on any atom is 0.271 e. The van der Waals surface area contributed by atoms with Crippen LogP contribution in [0, 0.1) is 0 Å². The number of carbonyl (C=O) groups is 1. The summed E-state index contributed by atoms with van der Waals surface area (Å²) in [5.41, 5.74) is 2.88. The van der Waals surface area contributed by atoms with Gasteiger partial charge in [0.2, 0.25) is 0 Å². The van der Waals surface area contributed by atoms with Gasteiger partial charge in [0.1, 0.15) is 5.75 Å². The first kappa shape index (κ1) is 16.6. The van der Waals surface area contributed by atoms with E-state index in [1.807, 2.05) is 55.5 Å². The highest BCUT2D eigenvalue weighted by molar-refractivity contribution is 6.05. The van der Waals surface area contributed by atoms with Gasteiger partial charge in [0.15, 0.2) is 0 Å². The molecule has 2 N–H and O–H groups in total. The van der Waals surface area contributed by atoms with Gasteiger partial charge in [0.25, 0.3) is 5.91 Å². The molecule has 0 atom stereocenters. The Morgan fingerprint density at radius 2 is 1.65 bits per heavy atom. The third kappa shape index (κ3) is 4.36. The smallest absolute Gasteiger partial charge is 0.271 e. The first-order valence-electron chi connectivity index (χ1n) is 7.72. The zero-order chi connectivity index (χ0) is 16.7. The topological polar surface area (TPSA) is 50.4 Å². The van der Waals surface area contributed by atoms with Crippen molar-refractivity contribution in [3.05, 3.63) is 66.4 Å². The molecule has 0 spiro atoms. The maximum atomic E-state index is 12.3. The molecule has 0 radical (unpaired) electrons. The van der Waals surface area contributed by atoms with Gasteiger partial charge in [0.05, 0.1) is 18.0 Å². The number of hydrogen-bond acceptors (Lipinski definition) is 3. The second-order valence-electron chi connectivity index (χ2n) is 5.00. The van der Waals surface area contributed by atoms with Crippen LogP contribution >= 0.6 is 0 Å². The Kier molecular flexibility index (Phi) is 5.80. The fraction of sp³-hybridized carbons (Fsp3) is 0.211. The molecular formula is C19H22N2O2. The molecule has 0 bridgehead atoms. The van der Waals surface area contributed by atoms with E-state index < -0.39 is 0 Å². The molecule has 23 heavy (non-hydrogen) atoms. The Morgan fingerprint density at radius 3 is 2.35 bits per heavy atom. The van der Waals surface area contributed by atoms with Gasteiger partial charge >= 0.3 is 0 Å². The van der Waals surface area contributed by atoms with Crippen LogP contribution in [0.1, 0.15) is 19.4 Å². The van der Waals surface area contributed by atoms with E-state index in [4.69, 9.17) is 4.74 Å². The summed E-state index contributed by atoms with van der Waals surface area (Å²) in [5, 5.41) is 5.91. The van der Waals surface area contributed by atoms with Crippen LogP contribution in [0.25, 0.3) is 0 Å². The number of amides is 1. The minimum absolute atomic E-state index is 0.266. The van der Waals surface area contributed by atoms with Crippen molar-refractivity contribution in [2.24, 2.45) is 0 Å².